The maximum absolute atomic E-state index is 11.6. The third kappa shape index (κ3) is 3.79. The summed E-state index contributed by atoms with van der Waals surface area (Å²) < 4.78 is 1.06. The summed E-state index contributed by atoms with van der Waals surface area (Å²) in [5.74, 6) is -0.0418. The summed E-state index contributed by atoms with van der Waals surface area (Å²) in [4.78, 5) is 16.8. The smallest absolute Gasteiger partial charge is 0.226 e. The van der Waals surface area contributed by atoms with Crippen molar-refractivity contribution in [3.8, 4) is 0 Å². The van der Waals surface area contributed by atoms with Crippen LogP contribution in [0.15, 0.2) is 21.3 Å². The molecule has 0 fully saturated rings. The summed E-state index contributed by atoms with van der Waals surface area (Å²) in [6, 6.07) is 3.95. The summed E-state index contributed by atoms with van der Waals surface area (Å²) in [5.41, 5.74) is 6.21. The minimum absolute atomic E-state index is 0.0418. The largest absolute Gasteiger partial charge is 0.375 e. The van der Waals surface area contributed by atoms with Crippen LogP contribution in [0.1, 0.15) is 10.6 Å². The van der Waals surface area contributed by atoms with Crippen LogP contribution < -0.4 is 11.1 Å². The van der Waals surface area contributed by atoms with Gasteiger partial charge in [0, 0.05) is 10.3 Å². The molecule has 3 N–H and O–H groups in total. The quantitative estimate of drug-likeness (QED) is 0.903. The van der Waals surface area contributed by atoms with Gasteiger partial charge in [-0.05, 0) is 28.1 Å². The van der Waals surface area contributed by atoms with Gasteiger partial charge in [0.1, 0.15) is 0 Å². The van der Waals surface area contributed by atoms with Gasteiger partial charge < -0.3 is 11.1 Å². The van der Waals surface area contributed by atoms with Crippen molar-refractivity contribution in [3.63, 3.8) is 0 Å². The molecule has 0 radical (unpaired) electrons. The third-order valence-electron chi connectivity index (χ3n) is 2.00. The molecular formula is C10H10BrN3OS2. The average Bonchev–Trinajstić information content (AvgIpc) is 2.85. The molecule has 2 aromatic rings. The Morgan fingerprint density at radius 2 is 2.35 bits per heavy atom. The highest BCUT2D eigenvalue weighted by atomic mass is 79.9. The van der Waals surface area contributed by atoms with E-state index in [0.717, 1.165) is 14.4 Å². The average molecular weight is 332 g/mol. The zero-order chi connectivity index (χ0) is 12.3. The van der Waals surface area contributed by atoms with Crippen LogP contribution in [-0.2, 0) is 17.8 Å². The number of rotatable bonds is 4. The van der Waals surface area contributed by atoms with Gasteiger partial charge >= 0.3 is 0 Å². The minimum atomic E-state index is -0.0418. The predicted molar refractivity (Wildman–Crippen MR) is 74.1 cm³/mol. The fourth-order valence-electron chi connectivity index (χ4n) is 1.26. The normalized spacial score (nSPS) is 10.4. The van der Waals surface area contributed by atoms with Crippen molar-refractivity contribution >= 4 is 49.6 Å². The Bertz CT molecular complexity index is 523. The highest BCUT2D eigenvalue weighted by Crippen LogP contribution is 2.21. The zero-order valence-corrected chi connectivity index (χ0v) is 12.0. The molecule has 0 aliphatic rings. The summed E-state index contributed by atoms with van der Waals surface area (Å²) >= 11 is 6.33. The lowest BCUT2D eigenvalue weighted by Crippen LogP contribution is -2.24. The Morgan fingerprint density at radius 1 is 1.53 bits per heavy atom. The lowest BCUT2D eigenvalue weighted by Gasteiger charge is -2.01. The van der Waals surface area contributed by atoms with Crippen molar-refractivity contribution in [3.05, 3.63) is 31.9 Å². The van der Waals surface area contributed by atoms with Crippen molar-refractivity contribution in [2.75, 3.05) is 5.73 Å². The Balaban J connectivity index is 1.82. The molecule has 2 aromatic heterocycles. The minimum Gasteiger partial charge on any atom is -0.375 e. The molecule has 4 nitrogen and oxygen atoms in total. The molecule has 0 saturated heterocycles. The number of nitrogen functional groups attached to an aromatic ring is 1. The molecular weight excluding hydrogens is 322 g/mol. The standard InChI is InChI=1S/C10H10BrN3OS2/c11-8-2-1-7(17-8)4-13-9(15)3-6-5-16-10(12)14-6/h1-2,5H,3-4H2,(H2,12,14)(H,13,15). The van der Waals surface area contributed by atoms with Gasteiger partial charge in [0.05, 0.1) is 22.4 Å². The van der Waals surface area contributed by atoms with Crippen molar-refractivity contribution in [2.45, 2.75) is 13.0 Å². The van der Waals surface area contributed by atoms with Crippen LogP contribution in [0.3, 0.4) is 0 Å². The molecule has 0 saturated carbocycles. The molecule has 2 heterocycles. The highest BCUT2D eigenvalue weighted by Gasteiger charge is 2.07. The van der Waals surface area contributed by atoms with E-state index < -0.39 is 0 Å². The van der Waals surface area contributed by atoms with Gasteiger partial charge in [-0.15, -0.1) is 22.7 Å². The Kier molecular flexibility index (Phi) is 4.14. The molecule has 17 heavy (non-hydrogen) atoms. The SMILES string of the molecule is Nc1nc(CC(=O)NCc2ccc(Br)s2)cs1. The van der Waals surface area contributed by atoms with E-state index >= 15 is 0 Å². The Morgan fingerprint density at radius 3 is 2.94 bits per heavy atom. The molecule has 0 atom stereocenters. The lowest BCUT2D eigenvalue weighted by molar-refractivity contribution is -0.120. The van der Waals surface area contributed by atoms with Gasteiger partial charge in [-0.3, -0.25) is 4.79 Å². The summed E-state index contributed by atoms with van der Waals surface area (Å²) in [6.07, 6.45) is 0.278. The summed E-state index contributed by atoms with van der Waals surface area (Å²) in [6.45, 7) is 0.550. The zero-order valence-electron chi connectivity index (χ0n) is 8.77. The first-order chi connectivity index (χ1) is 8.13. The number of halogens is 1. The Hall–Kier alpha value is -0.920. The van der Waals surface area contributed by atoms with Gasteiger partial charge in [0.25, 0.3) is 0 Å². The fourth-order valence-corrected chi connectivity index (χ4v) is 3.25. The first-order valence-corrected chi connectivity index (χ1v) is 7.33. The van der Waals surface area contributed by atoms with Crippen LogP contribution in [-0.4, -0.2) is 10.9 Å². The van der Waals surface area contributed by atoms with Gasteiger partial charge in [-0.1, -0.05) is 0 Å². The highest BCUT2D eigenvalue weighted by molar-refractivity contribution is 9.11. The van der Waals surface area contributed by atoms with Crippen LogP contribution in [0.25, 0.3) is 0 Å². The van der Waals surface area contributed by atoms with E-state index in [0.29, 0.717) is 11.7 Å². The van der Waals surface area contributed by atoms with E-state index in [9.17, 15) is 4.79 Å². The number of thiazole rings is 1. The van der Waals surface area contributed by atoms with Crippen LogP contribution >= 0.6 is 38.6 Å². The molecule has 2 rings (SSSR count). The third-order valence-corrected chi connectivity index (χ3v) is 4.35. The number of amides is 1. The second kappa shape index (κ2) is 5.61. The topological polar surface area (TPSA) is 68.0 Å². The van der Waals surface area contributed by atoms with Gasteiger partial charge in [0.2, 0.25) is 5.91 Å². The second-order valence-electron chi connectivity index (χ2n) is 3.34. The van der Waals surface area contributed by atoms with Crippen molar-refractivity contribution in [1.29, 1.82) is 0 Å². The van der Waals surface area contributed by atoms with Gasteiger partial charge in [-0.25, -0.2) is 4.98 Å². The Labute approximate surface area is 115 Å². The van der Waals surface area contributed by atoms with Crippen LogP contribution in [0.2, 0.25) is 0 Å². The van der Waals surface area contributed by atoms with Gasteiger partial charge in [0.15, 0.2) is 5.13 Å². The number of nitrogens with two attached hydrogens (primary N) is 1. The van der Waals surface area contributed by atoms with Crippen molar-refractivity contribution in [2.24, 2.45) is 0 Å². The predicted octanol–water partition coefficient (Wildman–Crippen LogP) is 2.41. The molecule has 0 bridgehead atoms. The first kappa shape index (κ1) is 12.5. The van der Waals surface area contributed by atoms with Crippen molar-refractivity contribution in [1.82, 2.24) is 10.3 Å². The van der Waals surface area contributed by atoms with Crippen LogP contribution in [0.4, 0.5) is 5.13 Å². The number of carbonyl (C=O) groups excluding carboxylic acids is 1. The molecule has 1 amide bonds. The number of hydrogen-bond acceptors (Lipinski definition) is 5. The number of nitrogens with one attached hydrogen (secondary N) is 1. The number of anilines is 1. The molecule has 90 valence electrons. The second-order valence-corrected chi connectivity index (χ2v) is 6.77. The van der Waals surface area contributed by atoms with E-state index in [1.807, 2.05) is 12.1 Å². The van der Waals surface area contributed by atoms with E-state index in [1.54, 1.807) is 16.7 Å². The molecule has 7 heteroatoms. The molecule has 0 aliphatic heterocycles. The molecule has 0 unspecified atom stereocenters. The molecule has 0 aliphatic carbocycles. The number of aromatic nitrogens is 1. The summed E-state index contributed by atoms with van der Waals surface area (Å²) in [5, 5.41) is 5.14. The number of thiophene rings is 1. The molecule has 0 spiro atoms. The number of carbonyl (C=O) groups is 1. The fraction of sp³-hybridized carbons (Fsp3) is 0.200. The van der Waals surface area contributed by atoms with Crippen LogP contribution in [0, 0.1) is 0 Å². The first-order valence-electron chi connectivity index (χ1n) is 4.84. The van der Waals surface area contributed by atoms with Gasteiger partial charge in [-0.2, -0.15) is 0 Å². The number of hydrogen-bond donors (Lipinski definition) is 2. The summed E-state index contributed by atoms with van der Waals surface area (Å²) in [7, 11) is 0. The monoisotopic (exact) mass is 331 g/mol. The maximum atomic E-state index is 11.6. The van der Waals surface area contributed by atoms with E-state index in [2.05, 4.69) is 26.2 Å². The van der Waals surface area contributed by atoms with Crippen molar-refractivity contribution < 1.29 is 4.79 Å². The molecule has 0 aromatic carbocycles. The van der Waals surface area contributed by atoms with Crippen LogP contribution in [0.5, 0.6) is 0 Å². The maximum Gasteiger partial charge on any atom is 0.226 e. The van der Waals surface area contributed by atoms with E-state index in [4.69, 9.17) is 5.73 Å². The van der Waals surface area contributed by atoms with E-state index in [1.165, 1.54) is 11.3 Å². The van der Waals surface area contributed by atoms with E-state index in [-0.39, 0.29) is 12.3 Å². The lowest BCUT2D eigenvalue weighted by atomic mass is 10.3. The number of nitrogens with zero attached hydrogens (tertiary/aromatic N) is 1.